The number of aryl methyl sites for hydroxylation is 2. The summed E-state index contributed by atoms with van der Waals surface area (Å²) in [4.78, 5) is 16.2. The highest BCUT2D eigenvalue weighted by Gasteiger charge is 2.13. The molecule has 0 saturated carbocycles. The van der Waals surface area contributed by atoms with Crippen molar-refractivity contribution in [2.75, 3.05) is 0 Å². The van der Waals surface area contributed by atoms with Crippen molar-refractivity contribution in [1.29, 1.82) is 0 Å². The van der Waals surface area contributed by atoms with Gasteiger partial charge in [0.1, 0.15) is 11.5 Å². The Morgan fingerprint density at radius 2 is 2.00 bits per heavy atom. The standard InChI is InChI=1S/C14H12FNO/c1-9-6-10(2)13(16-8-9)14(17)11-4-3-5-12(15)7-11/h3-8H,1-2H3. The molecule has 0 bridgehead atoms. The second kappa shape index (κ2) is 4.45. The Labute approximate surface area is 99.1 Å². The molecule has 0 radical (unpaired) electrons. The molecule has 0 aliphatic heterocycles. The third-order valence-electron chi connectivity index (χ3n) is 2.52. The summed E-state index contributed by atoms with van der Waals surface area (Å²) in [7, 11) is 0. The highest BCUT2D eigenvalue weighted by molar-refractivity contribution is 6.08. The average molecular weight is 229 g/mol. The van der Waals surface area contributed by atoms with E-state index in [9.17, 15) is 9.18 Å². The highest BCUT2D eigenvalue weighted by atomic mass is 19.1. The Morgan fingerprint density at radius 3 is 2.65 bits per heavy atom. The predicted molar refractivity (Wildman–Crippen MR) is 63.5 cm³/mol. The Hall–Kier alpha value is -2.03. The van der Waals surface area contributed by atoms with Gasteiger partial charge in [-0.2, -0.15) is 0 Å². The van der Waals surface area contributed by atoms with Crippen LogP contribution in [0.2, 0.25) is 0 Å². The summed E-state index contributed by atoms with van der Waals surface area (Å²) in [6.07, 6.45) is 1.64. The number of nitrogens with zero attached hydrogens (tertiary/aromatic N) is 1. The summed E-state index contributed by atoms with van der Waals surface area (Å²) in [5, 5.41) is 0. The van der Waals surface area contributed by atoms with E-state index < -0.39 is 5.82 Å². The Bertz CT molecular complexity index is 578. The van der Waals surface area contributed by atoms with Gasteiger partial charge in [-0.15, -0.1) is 0 Å². The van der Waals surface area contributed by atoms with Crippen molar-refractivity contribution in [3.05, 3.63) is 64.7 Å². The molecule has 0 aliphatic rings. The Balaban J connectivity index is 2.44. The van der Waals surface area contributed by atoms with Gasteiger partial charge in [-0.3, -0.25) is 9.78 Å². The summed E-state index contributed by atoms with van der Waals surface area (Å²) >= 11 is 0. The quantitative estimate of drug-likeness (QED) is 0.741. The predicted octanol–water partition coefficient (Wildman–Crippen LogP) is 3.07. The SMILES string of the molecule is Cc1cnc(C(=O)c2cccc(F)c2)c(C)c1. The summed E-state index contributed by atoms with van der Waals surface area (Å²) in [6, 6.07) is 7.54. The topological polar surface area (TPSA) is 30.0 Å². The first-order chi connectivity index (χ1) is 8.08. The highest BCUT2D eigenvalue weighted by Crippen LogP contribution is 2.13. The number of ketones is 1. The van der Waals surface area contributed by atoms with Crippen LogP contribution in [-0.2, 0) is 0 Å². The Kier molecular flexibility index (Phi) is 3.00. The molecule has 17 heavy (non-hydrogen) atoms. The molecule has 1 heterocycles. The van der Waals surface area contributed by atoms with Gasteiger partial charge in [0.05, 0.1) is 0 Å². The molecule has 0 N–H and O–H groups in total. The normalized spacial score (nSPS) is 10.3. The minimum Gasteiger partial charge on any atom is -0.287 e. The van der Waals surface area contributed by atoms with Crippen molar-refractivity contribution in [3.63, 3.8) is 0 Å². The van der Waals surface area contributed by atoms with Gasteiger partial charge in [0, 0.05) is 11.8 Å². The third kappa shape index (κ3) is 2.38. The van der Waals surface area contributed by atoms with Crippen LogP contribution in [0.1, 0.15) is 27.2 Å². The number of hydrogen-bond donors (Lipinski definition) is 0. The van der Waals surface area contributed by atoms with Crippen LogP contribution in [0.25, 0.3) is 0 Å². The number of halogens is 1. The van der Waals surface area contributed by atoms with Crippen LogP contribution in [-0.4, -0.2) is 10.8 Å². The summed E-state index contributed by atoms with van der Waals surface area (Å²) in [5.74, 6) is -0.664. The molecule has 86 valence electrons. The van der Waals surface area contributed by atoms with Gasteiger partial charge in [-0.25, -0.2) is 4.39 Å². The number of benzene rings is 1. The summed E-state index contributed by atoms with van der Waals surface area (Å²) in [5.41, 5.74) is 2.50. The van der Waals surface area contributed by atoms with Gasteiger partial charge in [0.25, 0.3) is 0 Å². The van der Waals surface area contributed by atoms with Crippen LogP contribution in [0.15, 0.2) is 36.5 Å². The molecule has 2 aromatic rings. The molecule has 1 aromatic heterocycles. The van der Waals surface area contributed by atoms with Crippen LogP contribution < -0.4 is 0 Å². The van der Waals surface area contributed by atoms with E-state index in [1.54, 1.807) is 12.3 Å². The maximum Gasteiger partial charge on any atom is 0.211 e. The molecule has 0 spiro atoms. The molecule has 1 aromatic carbocycles. The van der Waals surface area contributed by atoms with E-state index in [0.717, 1.165) is 11.1 Å². The van der Waals surface area contributed by atoms with Gasteiger partial charge >= 0.3 is 0 Å². The van der Waals surface area contributed by atoms with E-state index in [1.165, 1.54) is 18.2 Å². The van der Waals surface area contributed by atoms with Gasteiger partial charge in [0.2, 0.25) is 5.78 Å². The first-order valence-electron chi connectivity index (χ1n) is 5.31. The van der Waals surface area contributed by atoms with Gasteiger partial charge in [-0.05, 0) is 37.1 Å². The van der Waals surface area contributed by atoms with Crippen LogP contribution in [0.4, 0.5) is 4.39 Å². The number of pyridine rings is 1. The second-order valence-corrected chi connectivity index (χ2v) is 4.02. The summed E-state index contributed by atoms with van der Waals surface area (Å²) in [6.45, 7) is 3.74. The lowest BCUT2D eigenvalue weighted by Crippen LogP contribution is -2.07. The largest absolute Gasteiger partial charge is 0.287 e. The van der Waals surface area contributed by atoms with Crippen molar-refractivity contribution < 1.29 is 9.18 Å². The lowest BCUT2D eigenvalue weighted by Gasteiger charge is -2.05. The monoisotopic (exact) mass is 229 g/mol. The molecule has 2 rings (SSSR count). The van der Waals surface area contributed by atoms with Gasteiger partial charge in [-0.1, -0.05) is 18.2 Å². The summed E-state index contributed by atoms with van der Waals surface area (Å²) < 4.78 is 13.0. The van der Waals surface area contributed by atoms with Crippen LogP contribution >= 0.6 is 0 Å². The fraction of sp³-hybridized carbons (Fsp3) is 0.143. The molecule has 0 fully saturated rings. The molecule has 0 unspecified atom stereocenters. The third-order valence-corrected chi connectivity index (χ3v) is 2.52. The lowest BCUT2D eigenvalue weighted by atomic mass is 10.0. The zero-order valence-electron chi connectivity index (χ0n) is 9.70. The van der Waals surface area contributed by atoms with Crippen LogP contribution in [0.3, 0.4) is 0 Å². The molecule has 0 aliphatic carbocycles. The molecular formula is C14H12FNO. The number of aromatic nitrogens is 1. The second-order valence-electron chi connectivity index (χ2n) is 4.02. The Morgan fingerprint density at radius 1 is 1.24 bits per heavy atom. The van der Waals surface area contributed by atoms with E-state index in [1.807, 2.05) is 19.9 Å². The number of hydrogen-bond acceptors (Lipinski definition) is 2. The van der Waals surface area contributed by atoms with Crippen molar-refractivity contribution in [3.8, 4) is 0 Å². The van der Waals surface area contributed by atoms with E-state index in [2.05, 4.69) is 4.98 Å². The number of carbonyl (C=O) groups excluding carboxylic acids is 1. The fourth-order valence-corrected chi connectivity index (χ4v) is 1.72. The van der Waals surface area contributed by atoms with E-state index in [4.69, 9.17) is 0 Å². The smallest absolute Gasteiger partial charge is 0.211 e. The molecule has 0 amide bonds. The van der Waals surface area contributed by atoms with Crippen LogP contribution in [0.5, 0.6) is 0 Å². The van der Waals surface area contributed by atoms with Crippen molar-refractivity contribution in [2.24, 2.45) is 0 Å². The minimum atomic E-state index is -0.416. The zero-order valence-corrected chi connectivity index (χ0v) is 9.70. The zero-order chi connectivity index (χ0) is 12.4. The fourth-order valence-electron chi connectivity index (χ4n) is 1.72. The number of rotatable bonds is 2. The molecular weight excluding hydrogens is 217 g/mol. The van der Waals surface area contributed by atoms with Gasteiger partial charge < -0.3 is 0 Å². The molecule has 0 saturated heterocycles. The van der Waals surface area contributed by atoms with E-state index in [0.29, 0.717) is 11.3 Å². The first-order valence-corrected chi connectivity index (χ1v) is 5.31. The molecule has 3 heteroatoms. The molecule has 2 nitrogen and oxygen atoms in total. The van der Waals surface area contributed by atoms with Gasteiger partial charge in [0.15, 0.2) is 0 Å². The van der Waals surface area contributed by atoms with Crippen LogP contribution in [0, 0.1) is 19.7 Å². The number of carbonyl (C=O) groups is 1. The lowest BCUT2D eigenvalue weighted by molar-refractivity contribution is 0.103. The van der Waals surface area contributed by atoms with Crippen molar-refractivity contribution >= 4 is 5.78 Å². The maximum atomic E-state index is 13.0. The average Bonchev–Trinajstić information content (AvgIpc) is 2.28. The van der Waals surface area contributed by atoms with Crippen molar-refractivity contribution in [1.82, 2.24) is 4.98 Å². The minimum absolute atomic E-state index is 0.248. The first kappa shape index (κ1) is 11.5. The van der Waals surface area contributed by atoms with Crippen molar-refractivity contribution in [2.45, 2.75) is 13.8 Å². The molecule has 0 atom stereocenters. The van der Waals surface area contributed by atoms with E-state index in [-0.39, 0.29) is 5.78 Å². The maximum absolute atomic E-state index is 13.0. The van der Waals surface area contributed by atoms with E-state index >= 15 is 0 Å².